The second kappa shape index (κ2) is 9.13. The summed E-state index contributed by atoms with van der Waals surface area (Å²) in [5.74, 6) is 0.188. The highest BCUT2D eigenvalue weighted by atomic mass is 35.5. The molecule has 1 N–H and O–H groups in total. The number of hydrazone groups is 1. The predicted molar refractivity (Wildman–Crippen MR) is 118 cm³/mol. The van der Waals surface area contributed by atoms with Crippen LogP contribution in [0.15, 0.2) is 64.6 Å². The van der Waals surface area contributed by atoms with E-state index in [4.69, 9.17) is 11.6 Å². The Morgan fingerprint density at radius 1 is 1.14 bits per heavy atom. The summed E-state index contributed by atoms with van der Waals surface area (Å²) < 4.78 is 2.11. The van der Waals surface area contributed by atoms with E-state index >= 15 is 0 Å². The summed E-state index contributed by atoms with van der Waals surface area (Å²) in [4.78, 5) is 13.1. The zero-order valence-corrected chi connectivity index (χ0v) is 17.6. The van der Waals surface area contributed by atoms with Gasteiger partial charge in [-0.25, -0.2) is 5.43 Å². The number of halogens is 1. The SMILES string of the molecule is Cc1ccc(SCC(=O)N/N=C\c2cc(C)n(-c3cccc(Cl)c3)c2C)cc1. The number of amides is 1. The Morgan fingerprint density at radius 3 is 2.61 bits per heavy atom. The summed E-state index contributed by atoms with van der Waals surface area (Å²) in [6, 6.07) is 17.9. The first-order chi connectivity index (χ1) is 13.4. The molecular formula is C22H22ClN3OS. The molecule has 0 aliphatic carbocycles. The van der Waals surface area contributed by atoms with E-state index in [1.54, 1.807) is 6.21 Å². The van der Waals surface area contributed by atoms with Gasteiger partial charge >= 0.3 is 0 Å². The van der Waals surface area contributed by atoms with Crippen LogP contribution in [0.4, 0.5) is 0 Å². The normalized spacial score (nSPS) is 11.1. The van der Waals surface area contributed by atoms with Crippen LogP contribution in [0, 0.1) is 20.8 Å². The van der Waals surface area contributed by atoms with Gasteiger partial charge in [0, 0.05) is 32.6 Å². The summed E-state index contributed by atoms with van der Waals surface area (Å²) in [6.45, 7) is 6.09. The molecule has 0 aliphatic rings. The van der Waals surface area contributed by atoms with Gasteiger partial charge < -0.3 is 4.57 Å². The first-order valence-electron chi connectivity index (χ1n) is 8.90. The highest BCUT2D eigenvalue weighted by Crippen LogP contribution is 2.22. The van der Waals surface area contributed by atoms with E-state index in [1.165, 1.54) is 17.3 Å². The lowest BCUT2D eigenvalue weighted by Gasteiger charge is -2.09. The smallest absolute Gasteiger partial charge is 0.250 e. The van der Waals surface area contributed by atoms with Crippen molar-refractivity contribution in [3.05, 3.63) is 82.1 Å². The van der Waals surface area contributed by atoms with Crippen LogP contribution in [0.3, 0.4) is 0 Å². The molecule has 3 rings (SSSR count). The second-order valence-electron chi connectivity index (χ2n) is 6.54. The van der Waals surface area contributed by atoms with Crippen LogP contribution in [-0.4, -0.2) is 22.4 Å². The maximum Gasteiger partial charge on any atom is 0.250 e. The van der Waals surface area contributed by atoms with Crippen molar-refractivity contribution < 1.29 is 4.79 Å². The molecule has 1 aromatic heterocycles. The van der Waals surface area contributed by atoms with Crippen molar-refractivity contribution in [3.8, 4) is 5.69 Å². The van der Waals surface area contributed by atoms with Gasteiger partial charge in [0.1, 0.15) is 0 Å². The Balaban J connectivity index is 1.62. The van der Waals surface area contributed by atoms with Crippen molar-refractivity contribution >= 4 is 35.5 Å². The van der Waals surface area contributed by atoms with Crippen molar-refractivity contribution in [3.63, 3.8) is 0 Å². The number of benzene rings is 2. The largest absolute Gasteiger partial charge is 0.318 e. The number of nitrogens with one attached hydrogen (secondary N) is 1. The fraction of sp³-hybridized carbons (Fsp3) is 0.182. The third-order valence-corrected chi connectivity index (χ3v) is 5.57. The van der Waals surface area contributed by atoms with Crippen LogP contribution in [0.5, 0.6) is 0 Å². The zero-order chi connectivity index (χ0) is 20.1. The first-order valence-corrected chi connectivity index (χ1v) is 10.3. The van der Waals surface area contributed by atoms with Gasteiger partial charge in [-0.15, -0.1) is 11.8 Å². The highest BCUT2D eigenvalue weighted by Gasteiger charge is 2.10. The summed E-state index contributed by atoms with van der Waals surface area (Å²) in [7, 11) is 0. The lowest BCUT2D eigenvalue weighted by Crippen LogP contribution is -2.19. The van der Waals surface area contributed by atoms with E-state index in [9.17, 15) is 4.79 Å². The van der Waals surface area contributed by atoms with Crippen molar-refractivity contribution in [2.24, 2.45) is 5.10 Å². The molecule has 1 amide bonds. The van der Waals surface area contributed by atoms with Gasteiger partial charge in [0.05, 0.1) is 12.0 Å². The second-order valence-corrected chi connectivity index (χ2v) is 8.02. The number of carbonyl (C=O) groups excluding carboxylic acids is 1. The van der Waals surface area contributed by atoms with Crippen LogP contribution >= 0.6 is 23.4 Å². The maximum atomic E-state index is 12.0. The average molecular weight is 412 g/mol. The minimum Gasteiger partial charge on any atom is -0.318 e. The summed E-state index contributed by atoms with van der Waals surface area (Å²) in [6.07, 6.45) is 1.68. The van der Waals surface area contributed by atoms with Crippen LogP contribution in [0.1, 0.15) is 22.5 Å². The van der Waals surface area contributed by atoms with Gasteiger partial charge in [-0.3, -0.25) is 4.79 Å². The van der Waals surface area contributed by atoms with Crippen molar-refractivity contribution in [1.29, 1.82) is 0 Å². The van der Waals surface area contributed by atoms with Crippen molar-refractivity contribution in [2.45, 2.75) is 25.7 Å². The molecule has 0 saturated heterocycles. The Bertz CT molecular complexity index is 1010. The molecule has 28 heavy (non-hydrogen) atoms. The van der Waals surface area contributed by atoms with Crippen molar-refractivity contribution in [1.82, 2.24) is 9.99 Å². The average Bonchev–Trinajstić information content (AvgIpc) is 2.95. The van der Waals surface area contributed by atoms with Gasteiger partial charge in [0.25, 0.3) is 0 Å². The van der Waals surface area contributed by atoms with Gasteiger partial charge in [0.15, 0.2) is 0 Å². The molecule has 3 aromatic rings. The molecule has 144 valence electrons. The number of carbonyl (C=O) groups is 1. The van der Waals surface area contributed by atoms with E-state index < -0.39 is 0 Å². The number of aryl methyl sites for hydroxylation is 2. The number of aromatic nitrogens is 1. The molecule has 1 heterocycles. The topological polar surface area (TPSA) is 46.4 Å². The third-order valence-electron chi connectivity index (χ3n) is 4.32. The van der Waals surface area contributed by atoms with Crippen LogP contribution in [0.2, 0.25) is 5.02 Å². The summed E-state index contributed by atoms with van der Waals surface area (Å²) >= 11 is 7.61. The Morgan fingerprint density at radius 2 is 1.89 bits per heavy atom. The Labute approximate surface area is 174 Å². The molecule has 0 atom stereocenters. The Hall–Kier alpha value is -2.50. The fourth-order valence-corrected chi connectivity index (χ4v) is 3.80. The predicted octanol–water partition coefficient (Wildman–Crippen LogP) is 5.30. The molecule has 0 radical (unpaired) electrons. The number of hydrogen-bond acceptors (Lipinski definition) is 3. The lowest BCUT2D eigenvalue weighted by molar-refractivity contribution is -0.118. The molecule has 0 fully saturated rings. The van der Waals surface area contributed by atoms with E-state index in [1.807, 2.05) is 75.4 Å². The molecule has 4 nitrogen and oxygen atoms in total. The Kier molecular flexibility index (Phi) is 6.60. The molecule has 0 saturated carbocycles. The quantitative estimate of drug-likeness (QED) is 0.340. The standard InChI is InChI=1S/C22H22ClN3OS/c1-15-7-9-21(10-8-15)28-14-22(27)25-24-13-18-11-16(2)26(17(18)3)20-6-4-5-19(23)12-20/h4-13H,14H2,1-3H3,(H,25,27)/b24-13-. The van der Waals surface area contributed by atoms with Crippen LogP contribution in [0.25, 0.3) is 5.69 Å². The van der Waals surface area contributed by atoms with E-state index in [0.717, 1.165) is 27.5 Å². The molecule has 0 aliphatic heterocycles. The van der Waals surface area contributed by atoms with E-state index in [2.05, 4.69) is 15.1 Å². The van der Waals surface area contributed by atoms with Crippen LogP contribution < -0.4 is 5.43 Å². The van der Waals surface area contributed by atoms with Gasteiger partial charge in [-0.05, 0) is 57.2 Å². The minimum atomic E-state index is -0.134. The molecule has 2 aromatic carbocycles. The number of hydrogen-bond donors (Lipinski definition) is 1. The van der Waals surface area contributed by atoms with Gasteiger partial charge in [-0.1, -0.05) is 35.4 Å². The highest BCUT2D eigenvalue weighted by molar-refractivity contribution is 8.00. The molecule has 0 unspecified atom stereocenters. The number of rotatable bonds is 6. The first kappa shape index (κ1) is 20.2. The fourth-order valence-electron chi connectivity index (χ4n) is 2.92. The summed E-state index contributed by atoms with van der Waals surface area (Å²) in [5.41, 5.74) is 7.85. The number of nitrogens with zero attached hydrogens (tertiary/aromatic N) is 2. The number of thioether (sulfide) groups is 1. The molecular weight excluding hydrogens is 390 g/mol. The van der Waals surface area contributed by atoms with Gasteiger partial charge in [-0.2, -0.15) is 5.10 Å². The van der Waals surface area contributed by atoms with E-state index in [0.29, 0.717) is 10.8 Å². The molecule has 6 heteroatoms. The minimum absolute atomic E-state index is 0.134. The molecule has 0 spiro atoms. The lowest BCUT2D eigenvalue weighted by atomic mass is 10.2. The zero-order valence-electron chi connectivity index (χ0n) is 16.1. The third kappa shape index (κ3) is 5.06. The van der Waals surface area contributed by atoms with Gasteiger partial charge in [0.2, 0.25) is 5.91 Å². The summed E-state index contributed by atoms with van der Waals surface area (Å²) in [5, 5.41) is 4.81. The van der Waals surface area contributed by atoms with Crippen molar-refractivity contribution in [2.75, 3.05) is 5.75 Å². The van der Waals surface area contributed by atoms with E-state index in [-0.39, 0.29) is 5.91 Å². The monoisotopic (exact) mass is 411 g/mol. The van der Waals surface area contributed by atoms with Crippen LogP contribution in [-0.2, 0) is 4.79 Å². The molecule has 0 bridgehead atoms. The maximum absolute atomic E-state index is 12.0.